The van der Waals surface area contributed by atoms with Crippen molar-refractivity contribution in [3.05, 3.63) is 242 Å². The summed E-state index contributed by atoms with van der Waals surface area (Å²) in [6, 6.07) is 83.2. The number of nitrogens with zero attached hydrogens (tertiary/aromatic N) is 2. The third-order valence-corrected chi connectivity index (χ3v) is 13.9. The number of hydrogen-bond acceptors (Lipinski definition) is 4. The molecule has 0 spiro atoms. The van der Waals surface area contributed by atoms with Gasteiger partial charge in [0, 0.05) is 50.8 Å². The number of aryl methyl sites for hydroxylation is 1. The van der Waals surface area contributed by atoms with Crippen molar-refractivity contribution < 1.29 is 4.42 Å². The third-order valence-electron chi connectivity index (χ3n) is 13.9. The molecule has 0 amide bonds. The van der Waals surface area contributed by atoms with Crippen LogP contribution >= 0.6 is 0 Å². The van der Waals surface area contributed by atoms with Crippen molar-refractivity contribution in [1.82, 2.24) is 0 Å². The summed E-state index contributed by atoms with van der Waals surface area (Å²) in [5.41, 5.74) is 22.3. The van der Waals surface area contributed by atoms with E-state index in [4.69, 9.17) is 4.42 Å². The van der Waals surface area contributed by atoms with Gasteiger partial charge in [-0.1, -0.05) is 178 Å². The summed E-state index contributed by atoms with van der Waals surface area (Å²) >= 11 is 0. The van der Waals surface area contributed by atoms with Crippen LogP contribution in [0.4, 0.5) is 45.5 Å². The summed E-state index contributed by atoms with van der Waals surface area (Å²) in [5, 5.41) is 6.14. The van der Waals surface area contributed by atoms with E-state index in [-0.39, 0.29) is 5.41 Å². The van der Waals surface area contributed by atoms with Gasteiger partial charge in [-0.05, 0) is 136 Å². The maximum Gasteiger partial charge on any atom is 0.198 e. The summed E-state index contributed by atoms with van der Waals surface area (Å²) in [7, 11) is 0.719. The quantitative estimate of drug-likeness (QED) is 0.146. The van der Waals surface area contributed by atoms with Gasteiger partial charge in [0.05, 0.1) is 11.1 Å². The minimum Gasteiger partial charge on any atom is -0.456 e. The zero-order chi connectivity index (χ0) is 47.3. The molecule has 1 aliphatic rings. The molecule has 5 heteroatoms. The molecule has 70 heavy (non-hydrogen) atoms. The Kier molecular flexibility index (Phi) is 10.7. The number of para-hydroxylation sites is 3. The van der Waals surface area contributed by atoms with Gasteiger partial charge >= 0.3 is 0 Å². The van der Waals surface area contributed by atoms with Gasteiger partial charge in [-0.3, -0.25) is 0 Å². The van der Waals surface area contributed by atoms with Crippen molar-refractivity contribution in [3.63, 3.8) is 0 Å². The predicted molar refractivity (Wildman–Crippen MR) is 299 cm³/mol. The molecule has 0 aliphatic carbocycles. The lowest BCUT2D eigenvalue weighted by Crippen LogP contribution is -2.41. The fourth-order valence-electron chi connectivity index (χ4n) is 10.4. The number of rotatable bonds is 9. The molecule has 0 saturated heterocycles. The van der Waals surface area contributed by atoms with E-state index in [2.05, 4.69) is 273 Å². The average molecular weight is 902 g/mol. The molecular weight excluding hydrogens is 850 g/mol. The van der Waals surface area contributed by atoms with E-state index in [9.17, 15) is 0 Å². The number of nitrogens with one attached hydrogen (secondary N) is 1. The van der Waals surface area contributed by atoms with Crippen LogP contribution < -0.4 is 26.0 Å². The van der Waals surface area contributed by atoms with Crippen LogP contribution in [0.5, 0.6) is 0 Å². The van der Waals surface area contributed by atoms with E-state index in [1.165, 1.54) is 50.0 Å². The summed E-state index contributed by atoms with van der Waals surface area (Å²) < 4.78 is 7.01. The zero-order valence-electron chi connectivity index (χ0n) is 39.9. The van der Waals surface area contributed by atoms with Crippen LogP contribution in [-0.4, -0.2) is 7.28 Å². The molecule has 0 saturated carbocycles. The van der Waals surface area contributed by atoms with Crippen LogP contribution in [0, 0.1) is 6.92 Å². The minimum atomic E-state index is -0.00759. The van der Waals surface area contributed by atoms with Crippen LogP contribution in [0.3, 0.4) is 0 Å². The lowest BCUT2D eigenvalue weighted by molar-refractivity contribution is 0.590. The van der Waals surface area contributed by atoms with Crippen LogP contribution in [0.15, 0.2) is 235 Å². The summed E-state index contributed by atoms with van der Waals surface area (Å²) in [6.45, 7) is 9.15. The Morgan fingerprint density at radius 2 is 1.09 bits per heavy atom. The smallest absolute Gasteiger partial charge is 0.198 e. The Morgan fingerprint density at radius 1 is 0.486 bits per heavy atom. The van der Waals surface area contributed by atoms with Crippen molar-refractivity contribution in [2.24, 2.45) is 0 Å². The first-order valence-electron chi connectivity index (χ1n) is 24.3. The fourth-order valence-corrected chi connectivity index (χ4v) is 10.4. The van der Waals surface area contributed by atoms with Crippen LogP contribution in [-0.2, 0) is 5.41 Å². The Morgan fingerprint density at radius 3 is 1.74 bits per heavy atom. The van der Waals surface area contributed by atoms with Crippen LogP contribution in [0.25, 0.3) is 55.3 Å². The van der Waals surface area contributed by atoms with Crippen molar-refractivity contribution >= 4 is 85.6 Å². The van der Waals surface area contributed by atoms with Gasteiger partial charge in [-0.2, -0.15) is 0 Å². The highest BCUT2D eigenvalue weighted by Gasteiger charge is 2.34. The van der Waals surface area contributed by atoms with Gasteiger partial charge in [0.2, 0.25) is 0 Å². The molecule has 0 unspecified atom stereocenters. The van der Waals surface area contributed by atoms with Gasteiger partial charge in [0.15, 0.2) is 7.28 Å². The van der Waals surface area contributed by atoms with Crippen molar-refractivity contribution in [1.29, 1.82) is 0 Å². The molecule has 336 valence electrons. The Bertz CT molecular complexity index is 3650. The van der Waals surface area contributed by atoms with Crippen molar-refractivity contribution in [2.45, 2.75) is 33.1 Å². The van der Waals surface area contributed by atoms with E-state index in [1.54, 1.807) is 0 Å². The number of hydrogen-bond donors (Lipinski definition) is 1. The molecule has 0 radical (unpaired) electrons. The Labute approximate surface area is 411 Å². The zero-order valence-corrected chi connectivity index (χ0v) is 39.9. The fraction of sp³-hybridized carbons (Fsp3) is 0.0769. The van der Waals surface area contributed by atoms with Crippen molar-refractivity contribution in [3.8, 4) is 33.4 Å². The number of fused-ring (bicyclic) bond motifs is 6. The Hall–Kier alpha value is -8.54. The molecule has 0 fully saturated rings. The Balaban J connectivity index is 1.14. The second kappa shape index (κ2) is 17.5. The molecule has 1 aromatic heterocycles. The van der Waals surface area contributed by atoms with Gasteiger partial charge in [-0.15, -0.1) is 0 Å². The first kappa shape index (κ1) is 42.8. The predicted octanol–water partition coefficient (Wildman–Crippen LogP) is 16.6. The summed E-state index contributed by atoms with van der Waals surface area (Å²) in [6.07, 6.45) is 0. The van der Waals surface area contributed by atoms with Crippen LogP contribution in [0.1, 0.15) is 31.9 Å². The highest BCUT2D eigenvalue weighted by molar-refractivity contribution is 6.74. The summed E-state index contributed by atoms with van der Waals surface area (Å²) in [4.78, 5) is 4.90. The second-order valence-electron chi connectivity index (χ2n) is 19.5. The highest BCUT2D eigenvalue weighted by atomic mass is 16.3. The third kappa shape index (κ3) is 7.80. The van der Waals surface area contributed by atoms with E-state index in [1.807, 2.05) is 0 Å². The van der Waals surface area contributed by atoms with E-state index < -0.39 is 0 Å². The molecule has 1 N–H and O–H groups in total. The first-order chi connectivity index (χ1) is 34.2. The molecule has 4 nitrogen and oxygen atoms in total. The molecule has 11 aromatic rings. The summed E-state index contributed by atoms with van der Waals surface area (Å²) in [5.74, 6) is 0. The molecule has 0 atom stereocenters. The van der Waals surface area contributed by atoms with E-state index >= 15 is 0 Å². The van der Waals surface area contributed by atoms with Crippen LogP contribution in [0.2, 0.25) is 0 Å². The van der Waals surface area contributed by atoms with Gasteiger partial charge in [-0.25, -0.2) is 0 Å². The monoisotopic (exact) mass is 901 g/mol. The maximum atomic E-state index is 7.01. The largest absolute Gasteiger partial charge is 0.456 e. The van der Waals surface area contributed by atoms with Crippen molar-refractivity contribution in [2.75, 3.05) is 15.1 Å². The molecule has 12 rings (SSSR count). The highest BCUT2D eigenvalue weighted by Crippen LogP contribution is 2.49. The molecule has 1 aliphatic heterocycles. The number of anilines is 8. The molecule has 10 aromatic carbocycles. The van der Waals surface area contributed by atoms with E-state index in [0.717, 1.165) is 80.2 Å². The SMILES string of the molecule is Cc1cc(C(C)(C)C)ccc1N1c2cc(-c3ccccc3)ccc2Bc2c(-c3cc(N(c4ccccc4)c4ccccc4)ccc3Nc3ccc(-c4ccccc4)cc3)cc3oc4ccccc4c3c21. The maximum absolute atomic E-state index is 7.01. The van der Waals surface area contributed by atoms with E-state index in [0.29, 0.717) is 0 Å². The number of furan rings is 1. The topological polar surface area (TPSA) is 31.6 Å². The number of benzene rings is 10. The first-order valence-corrected chi connectivity index (χ1v) is 24.3. The molecule has 2 heterocycles. The standard InChI is InChI=1S/C65H52BN3O/c1-43-39-48(65(2,3)4)32-38-58(43)69-59-40-47(45-21-11-6-12-22-45)31-36-56(59)66-63-55(42-61-62(64(63)69)53-27-17-18-28-60(53)70-61)54-41-52(68(50-23-13-7-14-24-50)51-25-15-8-16-26-51)35-37-57(54)67-49-33-29-46(30-34-49)44-19-9-5-10-20-44/h5-42,66-67H,1-4H3. The lowest BCUT2D eigenvalue weighted by atomic mass is 9.57. The lowest BCUT2D eigenvalue weighted by Gasteiger charge is -2.37. The average Bonchev–Trinajstić information content (AvgIpc) is 3.78. The van der Waals surface area contributed by atoms with Gasteiger partial charge in [0.25, 0.3) is 0 Å². The minimum absolute atomic E-state index is 0.00759. The van der Waals surface area contributed by atoms with Gasteiger partial charge < -0.3 is 19.5 Å². The second-order valence-corrected chi connectivity index (χ2v) is 19.5. The van der Waals surface area contributed by atoms with Gasteiger partial charge in [0.1, 0.15) is 11.2 Å². The molecular formula is C65H52BN3O. The molecule has 0 bridgehead atoms. The normalized spacial score (nSPS) is 12.1.